The molecule has 0 bridgehead atoms. The van der Waals surface area contributed by atoms with Crippen LogP contribution in [0.1, 0.15) is 71.1 Å². The molecule has 0 fully saturated rings. The lowest BCUT2D eigenvalue weighted by Gasteiger charge is -2.21. The van der Waals surface area contributed by atoms with Gasteiger partial charge in [-0.2, -0.15) is 0 Å². The molecule has 1 heterocycles. The molecular weight excluding hydrogens is 296 g/mol. The summed E-state index contributed by atoms with van der Waals surface area (Å²) in [7, 11) is 0. The van der Waals surface area contributed by atoms with Crippen molar-refractivity contribution in [3.8, 4) is 0 Å². The monoisotopic (exact) mass is 328 g/mol. The van der Waals surface area contributed by atoms with Crippen molar-refractivity contribution in [2.45, 2.75) is 95.5 Å². The van der Waals surface area contributed by atoms with Crippen LogP contribution < -0.4 is 0 Å². The zero-order chi connectivity index (χ0) is 17.1. The molecule has 4 atom stereocenters. The number of rotatable bonds is 0. The summed E-state index contributed by atoms with van der Waals surface area (Å²) in [6, 6.07) is 0. The average Bonchev–Trinajstić information content (AvgIpc) is 2.52. The summed E-state index contributed by atoms with van der Waals surface area (Å²) in [4.78, 5) is 11.7. The van der Waals surface area contributed by atoms with Gasteiger partial charge in [0.25, 0.3) is 0 Å². The van der Waals surface area contributed by atoms with Crippen molar-refractivity contribution in [2.75, 3.05) is 0 Å². The molecule has 0 spiro atoms. The van der Waals surface area contributed by atoms with Crippen LogP contribution in [0.15, 0.2) is 12.2 Å². The number of carbonyl (C=O) groups is 1. The molecule has 3 N–H and O–H groups in total. The highest BCUT2D eigenvalue weighted by Crippen LogP contribution is 2.15. The van der Waals surface area contributed by atoms with Gasteiger partial charge in [0, 0.05) is 6.08 Å². The first-order valence-corrected chi connectivity index (χ1v) is 8.93. The molecule has 1 rings (SSSR count). The van der Waals surface area contributed by atoms with E-state index in [4.69, 9.17) is 4.74 Å². The fourth-order valence-corrected chi connectivity index (χ4v) is 2.83. The molecular formula is C18H32O5. The molecule has 0 unspecified atom stereocenters. The van der Waals surface area contributed by atoms with Crippen molar-refractivity contribution in [3.63, 3.8) is 0 Å². The van der Waals surface area contributed by atoms with Gasteiger partial charge in [0.1, 0.15) is 12.2 Å². The van der Waals surface area contributed by atoms with Crippen LogP contribution in [0.25, 0.3) is 0 Å². The molecule has 0 saturated heterocycles. The molecule has 23 heavy (non-hydrogen) atoms. The second kappa shape index (κ2) is 11.6. The summed E-state index contributed by atoms with van der Waals surface area (Å²) >= 11 is 0. The van der Waals surface area contributed by atoms with E-state index in [1.165, 1.54) is 25.3 Å². The Balaban J connectivity index is 2.55. The predicted molar refractivity (Wildman–Crippen MR) is 88.9 cm³/mol. The first kappa shape index (κ1) is 20.1. The molecule has 1 aliphatic rings. The highest BCUT2D eigenvalue weighted by Gasteiger charge is 2.22. The smallest absolute Gasteiger partial charge is 0.330 e. The van der Waals surface area contributed by atoms with Gasteiger partial charge in [0.15, 0.2) is 0 Å². The largest absolute Gasteiger partial charge is 0.460 e. The van der Waals surface area contributed by atoms with Crippen molar-refractivity contribution in [3.05, 3.63) is 12.2 Å². The van der Waals surface area contributed by atoms with E-state index in [0.717, 1.165) is 44.6 Å². The van der Waals surface area contributed by atoms with Gasteiger partial charge in [-0.05, 0) is 32.3 Å². The fraction of sp³-hybridized carbons (Fsp3) is 0.833. The number of hydrogen-bond acceptors (Lipinski definition) is 5. The second-order valence-corrected chi connectivity index (χ2v) is 6.56. The molecule has 0 amide bonds. The van der Waals surface area contributed by atoms with Crippen LogP contribution in [0, 0.1) is 0 Å². The van der Waals surface area contributed by atoms with Crippen LogP contribution in [0.2, 0.25) is 0 Å². The SMILES string of the molecule is C[C@@H]1CCCCCCCCCC[C@@H](O)[C@H](O)[C@@H](O)/C=C/C(=O)O1. The standard InChI is InChI=1S/C18H32O5/c1-14-10-8-6-4-2-3-5-7-9-11-15(19)18(22)16(20)12-13-17(21)23-14/h12-16,18-20,22H,2-11H2,1H3/b13-12+/t14-,15-,16+,18+/m1/s1. The molecule has 0 aliphatic carbocycles. The number of ether oxygens (including phenoxy) is 1. The van der Waals surface area contributed by atoms with E-state index in [2.05, 4.69) is 0 Å². The van der Waals surface area contributed by atoms with E-state index in [1.54, 1.807) is 0 Å². The molecule has 0 saturated carbocycles. The minimum absolute atomic E-state index is 0.154. The van der Waals surface area contributed by atoms with Crippen LogP contribution in [0.3, 0.4) is 0 Å². The van der Waals surface area contributed by atoms with E-state index in [9.17, 15) is 20.1 Å². The zero-order valence-electron chi connectivity index (χ0n) is 14.2. The second-order valence-electron chi connectivity index (χ2n) is 6.56. The minimum Gasteiger partial charge on any atom is -0.460 e. The first-order valence-electron chi connectivity index (χ1n) is 8.93. The molecule has 5 nitrogen and oxygen atoms in total. The van der Waals surface area contributed by atoms with E-state index in [0.29, 0.717) is 6.42 Å². The van der Waals surface area contributed by atoms with Crippen molar-refractivity contribution >= 4 is 5.97 Å². The minimum atomic E-state index is -1.28. The Bertz CT molecular complexity index is 355. The third-order valence-electron chi connectivity index (χ3n) is 4.35. The topological polar surface area (TPSA) is 87.0 Å². The van der Waals surface area contributed by atoms with Crippen LogP contribution >= 0.6 is 0 Å². The molecule has 0 aromatic rings. The summed E-state index contributed by atoms with van der Waals surface area (Å²) in [5.74, 6) is -0.528. The van der Waals surface area contributed by atoms with E-state index in [1.807, 2.05) is 6.92 Å². The van der Waals surface area contributed by atoms with Gasteiger partial charge in [-0.3, -0.25) is 0 Å². The highest BCUT2D eigenvalue weighted by molar-refractivity contribution is 5.82. The van der Waals surface area contributed by atoms with Gasteiger partial charge >= 0.3 is 5.97 Å². The van der Waals surface area contributed by atoms with E-state index in [-0.39, 0.29) is 6.10 Å². The number of carbonyl (C=O) groups excluding carboxylic acids is 1. The van der Waals surface area contributed by atoms with Crippen LogP contribution in [-0.4, -0.2) is 45.7 Å². The van der Waals surface area contributed by atoms with Crippen molar-refractivity contribution < 1.29 is 24.9 Å². The summed E-state index contributed by atoms with van der Waals surface area (Å²) in [5.41, 5.74) is 0. The molecule has 5 heteroatoms. The lowest BCUT2D eigenvalue weighted by Crippen LogP contribution is -2.36. The number of cyclic esters (lactones) is 1. The van der Waals surface area contributed by atoms with Crippen LogP contribution in [0.4, 0.5) is 0 Å². The highest BCUT2D eigenvalue weighted by atomic mass is 16.5. The number of esters is 1. The summed E-state index contributed by atoms with van der Waals surface area (Å²) in [6.45, 7) is 1.86. The lowest BCUT2D eigenvalue weighted by molar-refractivity contribution is -0.142. The Morgan fingerprint density at radius 1 is 0.913 bits per heavy atom. The van der Waals surface area contributed by atoms with E-state index < -0.39 is 24.3 Å². The van der Waals surface area contributed by atoms with Gasteiger partial charge < -0.3 is 20.1 Å². The van der Waals surface area contributed by atoms with E-state index >= 15 is 0 Å². The maximum absolute atomic E-state index is 11.7. The van der Waals surface area contributed by atoms with Crippen LogP contribution in [0.5, 0.6) is 0 Å². The molecule has 0 aromatic heterocycles. The van der Waals surface area contributed by atoms with Crippen molar-refractivity contribution in [1.29, 1.82) is 0 Å². The third kappa shape index (κ3) is 9.08. The number of aliphatic hydroxyl groups is 3. The van der Waals surface area contributed by atoms with Gasteiger partial charge in [0.05, 0.1) is 12.2 Å². The first-order chi connectivity index (χ1) is 11.0. The summed E-state index contributed by atoms with van der Waals surface area (Å²) in [5, 5.41) is 29.6. The lowest BCUT2D eigenvalue weighted by atomic mass is 10.00. The normalized spacial score (nSPS) is 34.9. The fourth-order valence-electron chi connectivity index (χ4n) is 2.83. The number of hydrogen-bond donors (Lipinski definition) is 3. The molecule has 0 aromatic carbocycles. The Hall–Kier alpha value is -0.910. The Morgan fingerprint density at radius 3 is 2.04 bits per heavy atom. The van der Waals surface area contributed by atoms with Gasteiger partial charge in [-0.1, -0.05) is 44.9 Å². The maximum Gasteiger partial charge on any atom is 0.330 e. The van der Waals surface area contributed by atoms with Crippen LogP contribution in [-0.2, 0) is 9.53 Å². The summed E-state index contributed by atoms with van der Waals surface area (Å²) < 4.78 is 5.23. The number of aliphatic hydroxyl groups excluding tert-OH is 3. The molecule has 134 valence electrons. The maximum atomic E-state index is 11.7. The Labute approximate surface area is 139 Å². The Kier molecular flexibility index (Phi) is 10.2. The molecule has 1 aliphatic heterocycles. The zero-order valence-corrected chi connectivity index (χ0v) is 14.2. The quantitative estimate of drug-likeness (QED) is 0.595. The van der Waals surface area contributed by atoms with Gasteiger partial charge in [0.2, 0.25) is 0 Å². The van der Waals surface area contributed by atoms with Gasteiger partial charge in [-0.15, -0.1) is 0 Å². The van der Waals surface area contributed by atoms with Crippen molar-refractivity contribution in [2.24, 2.45) is 0 Å². The van der Waals surface area contributed by atoms with Gasteiger partial charge in [-0.25, -0.2) is 4.79 Å². The van der Waals surface area contributed by atoms with Crippen molar-refractivity contribution in [1.82, 2.24) is 0 Å². The average molecular weight is 328 g/mol. The predicted octanol–water partition coefficient (Wildman–Crippen LogP) is 2.47. The Morgan fingerprint density at radius 2 is 1.43 bits per heavy atom. The third-order valence-corrected chi connectivity index (χ3v) is 4.35. The molecule has 0 radical (unpaired) electrons. The summed E-state index contributed by atoms with van der Waals surface area (Å²) in [6.07, 6.45) is 8.70.